The van der Waals surface area contributed by atoms with Crippen molar-refractivity contribution in [2.75, 3.05) is 6.26 Å². The van der Waals surface area contributed by atoms with Gasteiger partial charge in [0.2, 0.25) is 0 Å². The second-order valence-electron chi connectivity index (χ2n) is 3.78. The van der Waals surface area contributed by atoms with Crippen LogP contribution in [0.2, 0.25) is 0 Å². The highest BCUT2D eigenvalue weighted by atomic mass is 32.2. The zero-order valence-electron chi connectivity index (χ0n) is 7.26. The molecule has 1 rings (SSSR count). The first kappa shape index (κ1) is 9.04. The molecule has 66 valence electrons. The Kier molecular flexibility index (Phi) is 2.28. The average Bonchev–Trinajstić information content (AvgIpc) is 1.87. The van der Waals surface area contributed by atoms with E-state index in [0.717, 1.165) is 25.7 Å². The lowest BCUT2D eigenvalue weighted by Crippen LogP contribution is -2.36. The Morgan fingerprint density at radius 2 is 1.55 bits per heavy atom. The van der Waals surface area contributed by atoms with Crippen molar-refractivity contribution in [3.8, 4) is 0 Å². The molecule has 1 aliphatic rings. The first-order valence-corrected chi connectivity index (χ1v) is 6.04. The molecule has 0 saturated heterocycles. The van der Waals surface area contributed by atoms with E-state index in [9.17, 15) is 8.42 Å². The van der Waals surface area contributed by atoms with Crippen LogP contribution in [0.1, 0.15) is 39.0 Å². The fourth-order valence-electron chi connectivity index (χ4n) is 1.67. The van der Waals surface area contributed by atoms with Crippen molar-refractivity contribution in [1.82, 2.24) is 0 Å². The minimum Gasteiger partial charge on any atom is -0.229 e. The lowest BCUT2D eigenvalue weighted by atomic mass is 9.90. The average molecular weight is 176 g/mol. The van der Waals surface area contributed by atoms with Gasteiger partial charge in [-0.2, -0.15) is 0 Å². The third kappa shape index (κ3) is 1.75. The summed E-state index contributed by atoms with van der Waals surface area (Å²) < 4.78 is 22.2. The Hall–Kier alpha value is -0.0500. The molecule has 0 aromatic carbocycles. The molecule has 0 atom stereocenters. The SMILES string of the molecule is CC1(S(C)(=O)=O)CCCCC1. The van der Waals surface area contributed by atoms with Crippen molar-refractivity contribution in [3.05, 3.63) is 0 Å². The van der Waals surface area contributed by atoms with Gasteiger partial charge in [0.25, 0.3) is 0 Å². The molecule has 11 heavy (non-hydrogen) atoms. The van der Waals surface area contributed by atoms with Crippen LogP contribution in [0.25, 0.3) is 0 Å². The van der Waals surface area contributed by atoms with E-state index in [2.05, 4.69) is 0 Å². The maximum Gasteiger partial charge on any atom is 0.152 e. The summed E-state index contributed by atoms with van der Waals surface area (Å²) in [6.45, 7) is 1.88. The first-order valence-electron chi connectivity index (χ1n) is 4.15. The molecule has 0 radical (unpaired) electrons. The van der Waals surface area contributed by atoms with E-state index in [1.807, 2.05) is 6.92 Å². The van der Waals surface area contributed by atoms with Gasteiger partial charge in [-0.3, -0.25) is 0 Å². The lowest BCUT2D eigenvalue weighted by Gasteiger charge is -2.31. The summed E-state index contributed by atoms with van der Waals surface area (Å²) >= 11 is 0. The predicted molar refractivity (Wildman–Crippen MR) is 46.3 cm³/mol. The van der Waals surface area contributed by atoms with E-state index in [-0.39, 0.29) is 0 Å². The highest BCUT2D eigenvalue weighted by molar-refractivity contribution is 7.92. The molecular formula is C8H16O2S. The Morgan fingerprint density at radius 3 is 1.82 bits per heavy atom. The van der Waals surface area contributed by atoms with Crippen LogP contribution in [0.15, 0.2) is 0 Å². The summed E-state index contributed by atoms with van der Waals surface area (Å²) in [6, 6.07) is 0. The topological polar surface area (TPSA) is 34.1 Å². The normalized spacial score (nSPS) is 24.9. The van der Waals surface area contributed by atoms with Gasteiger partial charge in [-0.1, -0.05) is 19.3 Å². The number of hydrogen-bond donors (Lipinski definition) is 0. The van der Waals surface area contributed by atoms with Crippen LogP contribution >= 0.6 is 0 Å². The maximum atomic E-state index is 11.3. The molecule has 0 bridgehead atoms. The molecule has 0 aromatic heterocycles. The molecule has 3 heteroatoms. The molecule has 0 amide bonds. The number of hydrogen-bond acceptors (Lipinski definition) is 2. The van der Waals surface area contributed by atoms with Gasteiger partial charge in [0, 0.05) is 6.26 Å². The van der Waals surface area contributed by atoms with E-state index in [1.165, 1.54) is 12.7 Å². The molecule has 1 aliphatic carbocycles. The standard InChI is InChI=1S/C8H16O2S/c1-8(11(2,9)10)6-4-3-5-7-8/h3-7H2,1-2H3. The maximum absolute atomic E-state index is 11.3. The summed E-state index contributed by atoms with van der Waals surface area (Å²) in [5.41, 5.74) is 0. The Morgan fingerprint density at radius 1 is 1.09 bits per heavy atom. The van der Waals surface area contributed by atoms with Crippen molar-refractivity contribution >= 4 is 9.84 Å². The second kappa shape index (κ2) is 2.77. The molecule has 1 saturated carbocycles. The Balaban J connectivity index is 2.81. The zero-order valence-corrected chi connectivity index (χ0v) is 8.08. The fourth-order valence-corrected chi connectivity index (χ4v) is 2.70. The van der Waals surface area contributed by atoms with Gasteiger partial charge < -0.3 is 0 Å². The second-order valence-corrected chi connectivity index (χ2v) is 6.31. The van der Waals surface area contributed by atoms with E-state index in [0.29, 0.717) is 0 Å². The van der Waals surface area contributed by atoms with E-state index in [4.69, 9.17) is 0 Å². The van der Waals surface area contributed by atoms with E-state index in [1.54, 1.807) is 0 Å². The molecular weight excluding hydrogens is 160 g/mol. The van der Waals surface area contributed by atoms with Gasteiger partial charge >= 0.3 is 0 Å². The molecule has 0 aliphatic heterocycles. The number of sulfone groups is 1. The van der Waals surface area contributed by atoms with E-state index < -0.39 is 14.6 Å². The highest BCUT2D eigenvalue weighted by Crippen LogP contribution is 2.33. The van der Waals surface area contributed by atoms with Crippen LogP contribution in [0.5, 0.6) is 0 Å². The number of rotatable bonds is 1. The largest absolute Gasteiger partial charge is 0.229 e. The summed E-state index contributed by atoms with van der Waals surface area (Å²) in [5, 5.41) is 0. The Labute approximate surface area is 68.9 Å². The quantitative estimate of drug-likeness (QED) is 0.610. The minimum atomic E-state index is -2.83. The van der Waals surface area contributed by atoms with Crippen LogP contribution in [-0.4, -0.2) is 19.4 Å². The van der Waals surface area contributed by atoms with Crippen LogP contribution in [0, 0.1) is 0 Å². The van der Waals surface area contributed by atoms with Crippen molar-refractivity contribution < 1.29 is 8.42 Å². The van der Waals surface area contributed by atoms with Gasteiger partial charge in [0.15, 0.2) is 9.84 Å². The zero-order chi connectivity index (χ0) is 8.54. The summed E-state index contributed by atoms with van der Waals surface area (Å²) in [7, 11) is -2.83. The van der Waals surface area contributed by atoms with Crippen LogP contribution in [0.3, 0.4) is 0 Å². The third-order valence-corrected chi connectivity index (χ3v) is 5.00. The van der Waals surface area contributed by atoms with Gasteiger partial charge in [-0.25, -0.2) is 8.42 Å². The van der Waals surface area contributed by atoms with Crippen LogP contribution < -0.4 is 0 Å². The van der Waals surface area contributed by atoms with Crippen molar-refractivity contribution in [2.45, 2.75) is 43.8 Å². The molecule has 0 N–H and O–H groups in total. The first-order chi connectivity index (χ1) is 4.96. The fraction of sp³-hybridized carbons (Fsp3) is 1.00. The van der Waals surface area contributed by atoms with E-state index >= 15 is 0 Å². The molecule has 1 fully saturated rings. The van der Waals surface area contributed by atoms with Gasteiger partial charge in [-0.15, -0.1) is 0 Å². The smallest absolute Gasteiger partial charge is 0.152 e. The van der Waals surface area contributed by atoms with Crippen molar-refractivity contribution in [2.24, 2.45) is 0 Å². The summed E-state index contributed by atoms with van der Waals surface area (Å²) in [4.78, 5) is 0. The minimum absolute atomic E-state index is 0.411. The summed E-state index contributed by atoms with van der Waals surface area (Å²) in [6.07, 6.45) is 6.41. The molecule has 0 aromatic rings. The molecule has 2 nitrogen and oxygen atoms in total. The summed E-state index contributed by atoms with van der Waals surface area (Å²) in [5.74, 6) is 0. The van der Waals surface area contributed by atoms with Gasteiger partial charge in [-0.05, 0) is 19.8 Å². The predicted octanol–water partition coefficient (Wildman–Crippen LogP) is 1.75. The molecule has 0 spiro atoms. The third-order valence-electron chi connectivity index (χ3n) is 2.81. The van der Waals surface area contributed by atoms with Crippen molar-refractivity contribution in [3.63, 3.8) is 0 Å². The van der Waals surface area contributed by atoms with Crippen LogP contribution in [0.4, 0.5) is 0 Å². The van der Waals surface area contributed by atoms with Gasteiger partial charge in [0.05, 0.1) is 4.75 Å². The molecule has 0 heterocycles. The Bertz CT molecular complexity index is 222. The highest BCUT2D eigenvalue weighted by Gasteiger charge is 2.36. The van der Waals surface area contributed by atoms with Gasteiger partial charge in [0.1, 0.15) is 0 Å². The van der Waals surface area contributed by atoms with Crippen LogP contribution in [-0.2, 0) is 9.84 Å². The monoisotopic (exact) mass is 176 g/mol. The lowest BCUT2D eigenvalue weighted by molar-refractivity contribution is 0.396. The van der Waals surface area contributed by atoms with Crippen molar-refractivity contribution in [1.29, 1.82) is 0 Å². The molecule has 0 unspecified atom stereocenters.